The molecule has 4 rings (SSSR count). The zero-order valence-electron chi connectivity index (χ0n) is 13.7. The lowest BCUT2D eigenvalue weighted by molar-refractivity contribution is -0.195. The lowest BCUT2D eigenvalue weighted by Gasteiger charge is -2.52. The summed E-state index contributed by atoms with van der Waals surface area (Å²) in [5, 5.41) is 6.08. The Morgan fingerprint density at radius 2 is 2.12 bits per heavy atom. The van der Waals surface area contributed by atoms with E-state index in [4.69, 9.17) is 9.26 Å². The largest absolute Gasteiger partial charge is 0.372 e. The van der Waals surface area contributed by atoms with Crippen molar-refractivity contribution in [2.45, 2.75) is 12.6 Å². The molecule has 132 valence electrons. The van der Waals surface area contributed by atoms with Gasteiger partial charge in [-0.25, -0.2) is 9.48 Å². The van der Waals surface area contributed by atoms with Crippen molar-refractivity contribution in [1.29, 1.82) is 0 Å². The van der Waals surface area contributed by atoms with Gasteiger partial charge in [0.15, 0.2) is 5.72 Å². The van der Waals surface area contributed by atoms with Gasteiger partial charge in [0.05, 0.1) is 18.5 Å². The highest BCUT2D eigenvalue weighted by Gasteiger charge is 2.59. The number of ether oxygens (including phenoxy) is 1. The first-order valence-electron chi connectivity index (χ1n) is 7.73. The number of benzene rings is 1. The number of aryl methyl sites for hydroxylation is 2. The molecule has 2 aliphatic heterocycles. The van der Waals surface area contributed by atoms with Crippen molar-refractivity contribution in [2.75, 3.05) is 18.5 Å². The Hall–Kier alpha value is -1.99. The number of anilines is 1. The number of nitrogens with one attached hydrogen (secondary N) is 2. The van der Waals surface area contributed by atoms with Gasteiger partial charge in [0.2, 0.25) is 0 Å². The molecule has 3 heterocycles. The van der Waals surface area contributed by atoms with Crippen molar-refractivity contribution in [3.8, 4) is 0 Å². The second-order valence-corrected chi connectivity index (χ2v) is 8.38. The quantitative estimate of drug-likeness (QED) is 0.812. The normalized spacial score (nSPS) is 23.8. The monoisotopic (exact) mass is 365 g/mol. The van der Waals surface area contributed by atoms with Crippen molar-refractivity contribution in [3.63, 3.8) is 0 Å². The summed E-state index contributed by atoms with van der Waals surface area (Å²) in [6.45, 7) is 2.35. The van der Waals surface area contributed by atoms with Crippen LogP contribution in [0.25, 0.3) is 0 Å². The van der Waals surface area contributed by atoms with Crippen molar-refractivity contribution in [1.82, 2.24) is 9.65 Å². The summed E-state index contributed by atoms with van der Waals surface area (Å²) in [6.07, 6.45) is 1.60. The predicted molar refractivity (Wildman–Crippen MR) is 89.5 cm³/mol. The number of amides is 1. The molecule has 1 unspecified atom stereocenters. The van der Waals surface area contributed by atoms with E-state index in [-0.39, 0.29) is 11.7 Å². The van der Waals surface area contributed by atoms with Gasteiger partial charge in [0, 0.05) is 18.9 Å². The Morgan fingerprint density at radius 3 is 2.72 bits per heavy atom. The van der Waals surface area contributed by atoms with E-state index in [1.165, 1.54) is 18.2 Å². The third-order valence-corrected chi connectivity index (χ3v) is 6.54. The molecule has 7 nitrogen and oxygen atoms in total. The number of nitrogens with zero attached hydrogens (tertiary/aromatic N) is 1. The topological polar surface area (TPSA) is 81.6 Å². The number of rotatable bonds is 3. The molecule has 0 bridgehead atoms. The average molecular weight is 365 g/mol. The number of aromatic nitrogens is 1. The molecule has 0 saturated carbocycles. The molecule has 1 spiro atoms. The molecule has 2 aromatic rings. The molecule has 2 fully saturated rings. The Bertz CT molecular complexity index is 910. The van der Waals surface area contributed by atoms with E-state index in [2.05, 4.69) is 10.4 Å². The van der Waals surface area contributed by atoms with E-state index in [1.807, 2.05) is 0 Å². The van der Waals surface area contributed by atoms with Crippen molar-refractivity contribution < 1.29 is 23.0 Å². The first-order valence-corrected chi connectivity index (χ1v) is 9.35. The van der Waals surface area contributed by atoms with Crippen LogP contribution in [0, 0.1) is 12.7 Å². The lowest BCUT2D eigenvalue weighted by Crippen LogP contribution is -2.68. The van der Waals surface area contributed by atoms with Gasteiger partial charge in [0.1, 0.15) is 11.5 Å². The van der Waals surface area contributed by atoms with Crippen LogP contribution in [-0.4, -0.2) is 29.4 Å². The zero-order valence-corrected chi connectivity index (χ0v) is 14.6. The van der Waals surface area contributed by atoms with E-state index in [1.54, 1.807) is 30.8 Å². The number of carbonyl (C=O) groups is 1. The molecular formula is C16H17FN3O4P. The smallest absolute Gasteiger partial charge is 0.305 e. The van der Waals surface area contributed by atoms with Crippen LogP contribution in [-0.2, 0) is 20.9 Å². The summed E-state index contributed by atoms with van der Waals surface area (Å²) in [5.74, 6) is -0.715. The highest BCUT2D eigenvalue weighted by atomic mass is 31.2. The minimum absolute atomic E-state index is 0.323. The summed E-state index contributed by atoms with van der Waals surface area (Å²) < 4.78 is 38.3. The molecule has 1 aromatic carbocycles. The Kier molecular flexibility index (Phi) is 3.63. The maximum absolute atomic E-state index is 13.3. The Balaban J connectivity index is 1.53. The second-order valence-electron chi connectivity index (χ2n) is 6.35. The molecular weight excluding hydrogens is 348 g/mol. The zero-order chi connectivity index (χ0) is 17.8. The first-order chi connectivity index (χ1) is 11.8. The van der Waals surface area contributed by atoms with Gasteiger partial charge in [-0.05, 0) is 36.8 Å². The molecule has 9 heteroatoms. The van der Waals surface area contributed by atoms with E-state index in [0.717, 1.165) is 0 Å². The van der Waals surface area contributed by atoms with Crippen LogP contribution in [0.3, 0.4) is 0 Å². The predicted octanol–water partition coefficient (Wildman–Crippen LogP) is 1.89. The molecule has 1 amide bonds. The van der Waals surface area contributed by atoms with Gasteiger partial charge in [-0.1, -0.05) is 0 Å². The molecule has 0 radical (unpaired) electrons. The minimum Gasteiger partial charge on any atom is -0.372 e. The van der Waals surface area contributed by atoms with Gasteiger partial charge < -0.3 is 14.6 Å². The van der Waals surface area contributed by atoms with Crippen molar-refractivity contribution in [3.05, 3.63) is 47.5 Å². The number of halogens is 1. The van der Waals surface area contributed by atoms with Gasteiger partial charge in [-0.2, -0.15) is 0 Å². The summed E-state index contributed by atoms with van der Waals surface area (Å²) in [6, 6.07) is 5.87. The standard InChI is InChI=1S/C16H17FN3O4P/c1-10-5-11(3-4-13(10)17)18-15(21)14-6-12(7-20(14)2)25(22)19-16(24-25)8-23-9-16/h3-7H,8-9H2,1-2H3,(H,18,21)(H,19,22). The average Bonchev–Trinajstić information content (AvgIpc) is 2.88. The van der Waals surface area contributed by atoms with Gasteiger partial charge >= 0.3 is 7.52 Å². The lowest BCUT2D eigenvalue weighted by atomic mass is 10.2. The molecule has 1 aromatic heterocycles. The maximum atomic E-state index is 13.3. The number of hydrogen-bond donors (Lipinski definition) is 2. The fourth-order valence-corrected chi connectivity index (χ4v) is 5.02. The first kappa shape index (κ1) is 16.5. The Labute approximate surface area is 143 Å². The third-order valence-electron chi connectivity index (χ3n) is 4.30. The van der Waals surface area contributed by atoms with Gasteiger partial charge in [0.25, 0.3) is 5.91 Å². The van der Waals surface area contributed by atoms with Crippen molar-refractivity contribution >= 4 is 24.4 Å². The maximum Gasteiger partial charge on any atom is 0.305 e. The fourth-order valence-electron chi connectivity index (χ4n) is 2.89. The van der Waals surface area contributed by atoms with Crippen LogP contribution < -0.4 is 15.7 Å². The van der Waals surface area contributed by atoms with Crippen LogP contribution in [0.5, 0.6) is 0 Å². The summed E-state index contributed by atoms with van der Waals surface area (Å²) in [5.41, 5.74) is 0.611. The number of carbonyl (C=O) groups excluding carboxylic acids is 1. The van der Waals surface area contributed by atoms with Crippen LogP contribution in [0.4, 0.5) is 10.1 Å². The summed E-state index contributed by atoms with van der Waals surface area (Å²) in [7, 11) is -1.47. The van der Waals surface area contributed by atoms with E-state index >= 15 is 0 Å². The summed E-state index contributed by atoms with van der Waals surface area (Å²) >= 11 is 0. The number of hydrogen-bond acceptors (Lipinski definition) is 4. The minimum atomic E-state index is -3.16. The molecule has 2 aliphatic rings. The van der Waals surface area contributed by atoms with Crippen LogP contribution in [0.15, 0.2) is 30.5 Å². The van der Waals surface area contributed by atoms with Crippen LogP contribution in [0.1, 0.15) is 16.1 Å². The highest BCUT2D eigenvalue weighted by molar-refractivity contribution is 7.66. The van der Waals surface area contributed by atoms with E-state index < -0.39 is 13.2 Å². The highest BCUT2D eigenvalue weighted by Crippen LogP contribution is 2.58. The fraction of sp³-hybridized carbons (Fsp3) is 0.312. The van der Waals surface area contributed by atoms with Crippen LogP contribution in [0.2, 0.25) is 0 Å². The molecule has 25 heavy (non-hydrogen) atoms. The molecule has 2 N–H and O–H groups in total. The Morgan fingerprint density at radius 1 is 1.40 bits per heavy atom. The van der Waals surface area contributed by atoms with Crippen molar-refractivity contribution in [2.24, 2.45) is 7.05 Å². The van der Waals surface area contributed by atoms with Crippen LogP contribution >= 0.6 is 7.52 Å². The SMILES string of the molecule is Cc1cc(NC(=O)c2cc(P3(=O)NC4(COC4)O3)cn2C)ccc1F. The molecule has 0 aliphatic carbocycles. The molecule has 2 saturated heterocycles. The molecule has 1 atom stereocenters. The van der Waals surface area contributed by atoms with E-state index in [9.17, 15) is 13.8 Å². The van der Waals surface area contributed by atoms with E-state index in [0.29, 0.717) is 35.5 Å². The van der Waals surface area contributed by atoms with Gasteiger partial charge in [-0.3, -0.25) is 13.9 Å². The third kappa shape index (κ3) is 2.71. The second kappa shape index (κ2) is 5.51. The van der Waals surface area contributed by atoms with Gasteiger partial charge in [-0.15, -0.1) is 0 Å². The summed E-state index contributed by atoms with van der Waals surface area (Å²) in [4.78, 5) is 12.5.